The molecule has 0 amide bonds. The lowest BCUT2D eigenvalue weighted by molar-refractivity contribution is 0.0696. The zero-order valence-electron chi connectivity index (χ0n) is 8.58. The molecule has 0 atom stereocenters. The SMILES string of the molecule is Cc1cnc(-c2ccc(C(=O)O)cn2)nc1. The van der Waals surface area contributed by atoms with E-state index < -0.39 is 5.97 Å². The zero-order valence-corrected chi connectivity index (χ0v) is 8.58. The van der Waals surface area contributed by atoms with Crippen LogP contribution in [0.4, 0.5) is 0 Å². The van der Waals surface area contributed by atoms with Crippen LogP contribution in [0.3, 0.4) is 0 Å². The number of pyridine rings is 1. The molecule has 2 aromatic heterocycles. The Morgan fingerprint density at radius 2 is 1.81 bits per heavy atom. The van der Waals surface area contributed by atoms with Gasteiger partial charge in [0, 0.05) is 18.6 Å². The molecular formula is C11H9N3O2. The second-order valence-corrected chi connectivity index (χ2v) is 3.32. The van der Waals surface area contributed by atoms with Crippen molar-refractivity contribution in [1.29, 1.82) is 0 Å². The zero-order chi connectivity index (χ0) is 11.5. The summed E-state index contributed by atoms with van der Waals surface area (Å²) in [5.41, 5.74) is 1.67. The Morgan fingerprint density at radius 3 is 2.31 bits per heavy atom. The summed E-state index contributed by atoms with van der Waals surface area (Å²) < 4.78 is 0. The monoisotopic (exact) mass is 215 g/mol. The van der Waals surface area contributed by atoms with E-state index in [4.69, 9.17) is 5.11 Å². The molecular weight excluding hydrogens is 206 g/mol. The molecule has 1 N–H and O–H groups in total. The number of rotatable bonds is 2. The fourth-order valence-electron chi connectivity index (χ4n) is 1.18. The molecule has 0 saturated carbocycles. The summed E-state index contributed by atoms with van der Waals surface area (Å²) in [5.74, 6) is -0.508. The Labute approximate surface area is 91.8 Å². The maximum Gasteiger partial charge on any atom is 0.337 e. The van der Waals surface area contributed by atoms with Gasteiger partial charge in [-0.05, 0) is 24.6 Å². The molecule has 0 fully saturated rings. The fourth-order valence-corrected chi connectivity index (χ4v) is 1.18. The van der Waals surface area contributed by atoms with Crippen LogP contribution in [0.25, 0.3) is 11.5 Å². The summed E-state index contributed by atoms with van der Waals surface area (Å²) in [5, 5.41) is 8.71. The molecule has 0 unspecified atom stereocenters. The lowest BCUT2D eigenvalue weighted by Gasteiger charge is -1.99. The van der Waals surface area contributed by atoms with E-state index in [-0.39, 0.29) is 5.56 Å². The van der Waals surface area contributed by atoms with Gasteiger partial charge in [-0.15, -0.1) is 0 Å². The van der Waals surface area contributed by atoms with Crippen molar-refractivity contribution in [1.82, 2.24) is 15.0 Å². The van der Waals surface area contributed by atoms with Gasteiger partial charge in [-0.2, -0.15) is 0 Å². The molecule has 0 saturated heterocycles. The van der Waals surface area contributed by atoms with Crippen LogP contribution < -0.4 is 0 Å². The molecule has 80 valence electrons. The van der Waals surface area contributed by atoms with Gasteiger partial charge in [0.25, 0.3) is 0 Å². The molecule has 5 nitrogen and oxygen atoms in total. The molecule has 2 rings (SSSR count). The molecule has 0 bridgehead atoms. The van der Waals surface area contributed by atoms with Crippen molar-refractivity contribution in [3.63, 3.8) is 0 Å². The third-order valence-corrected chi connectivity index (χ3v) is 2.02. The van der Waals surface area contributed by atoms with Crippen LogP contribution >= 0.6 is 0 Å². The van der Waals surface area contributed by atoms with Gasteiger partial charge in [0.1, 0.15) is 5.69 Å². The number of aromatic nitrogens is 3. The number of nitrogens with zero attached hydrogens (tertiary/aromatic N) is 3. The van der Waals surface area contributed by atoms with Crippen LogP contribution in [-0.4, -0.2) is 26.0 Å². The van der Waals surface area contributed by atoms with E-state index in [1.165, 1.54) is 12.3 Å². The normalized spacial score (nSPS) is 10.1. The first-order chi connectivity index (χ1) is 7.66. The van der Waals surface area contributed by atoms with Crippen molar-refractivity contribution in [2.75, 3.05) is 0 Å². The number of carbonyl (C=O) groups is 1. The van der Waals surface area contributed by atoms with Gasteiger partial charge < -0.3 is 5.11 Å². The van der Waals surface area contributed by atoms with Gasteiger partial charge in [-0.3, -0.25) is 4.98 Å². The molecule has 0 aliphatic heterocycles. The summed E-state index contributed by atoms with van der Waals surface area (Å²) in [7, 11) is 0. The van der Waals surface area contributed by atoms with Crippen LogP contribution in [-0.2, 0) is 0 Å². The smallest absolute Gasteiger partial charge is 0.337 e. The quantitative estimate of drug-likeness (QED) is 0.822. The highest BCUT2D eigenvalue weighted by Crippen LogP contribution is 2.11. The van der Waals surface area contributed by atoms with Crippen LogP contribution in [0.15, 0.2) is 30.7 Å². The molecule has 0 aliphatic rings. The number of carboxylic acid groups (broad SMARTS) is 1. The molecule has 0 radical (unpaired) electrons. The molecule has 0 spiro atoms. The third kappa shape index (κ3) is 2.03. The molecule has 2 heterocycles. The Balaban J connectivity index is 2.34. The van der Waals surface area contributed by atoms with Crippen LogP contribution in [0, 0.1) is 6.92 Å². The topological polar surface area (TPSA) is 76.0 Å². The van der Waals surface area contributed by atoms with E-state index >= 15 is 0 Å². The predicted molar refractivity (Wildman–Crippen MR) is 57.0 cm³/mol. The third-order valence-electron chi connectivity index (χ3n) is 2.02. The Morgan fingerprint density at radius 1 is 1.12 bits per heavy atom. The van der Waals surface area contributed by atoms with Crippen molar-refractivity contribution < 1.29 is 9.90 Å². The minimum Gasteiger partial charge on any atom is -0.478 e. The van der Waals surface area contributed by atoms with E-state index in [9.17, 15) is 4.79 Å². The lowest BCUT2D eigenvalue weighted by atomic mass is 10.2. The number of carboxylic acids is 1. The van der Waals surface area contributed by atoms with Gasteiger partial charge in [-0.25, -0.2) is 14.8 Å². The van der Waals surface area contributed by atoms with Gasteiger partial charge in [-0.1, -0.05) is 0 Å². The van der Waals surface area contributed by atoms with Crippen molar-refractivity contribution >= 4 is 5.97 Å². The number of hydrogen-bond donors (Lipinski definition) is 1. The van der Waals surface area contributed by atoms with E-state index in [1.54, 1.807) is 18.5 Å². The highest BCUT2D eigenvalue weighted by Gasteiger charge is 2.05. The highest BCUT2D eigenvalue weighted by atomic mass is 16.4. The van der Waals surface area contributed by atoms with Gasteiger partial charge in [0.2, 0.25) is 0 Å². The molecule has 5 heteroatoms. The molecule has 0 aromatic carbocycles. The maximum absolute atomic E-state index is 10.6. The van der Waals surface area contributed by atoms with Crippen LogP contribution in [0.5, 0.6) is 0 Å². The van der Waals surface area contributed by atoms with Gasteiger partial charge in [0.15, 0.2) is 5.82 Å². The fraction of sp³-hybridized carbons (Fsp3) is 0.0909. The summed E-state index contributed by atoms with van der Waals surface area (Å²) >= 11 is 0. The van der Waals surface area contributed by atoms with Crippen molar-refractivity contribution in [3.05, 3.63) is 41.9 Å². The highest BCUT2D eigenvalue weighted by molar-refractivity contribution is 5.87. The van der Waals surface area contributed by atoms with Crippen LogP contribution in [0.2, 0.25) is 0 Å². The Bertz CT molecular complexity index is 506. The largest absolute Gasteiger partial charge is 0.478 e. The number of hydrogen-bond acceptors (Lipinski definition) is 4. The van der Waals surface area contributed by atoms with Gasteiger partial charge in [0.05, 0.1) is 5.56 Å². The van der Waals surface area contributed by atoms with Crippen LogP contribution in [0.1, 0.15) is 15.9 Å². The number of aromatic carboxylic acids is 1. The predicted octanol–water partition coefficient (Wildman–Crippen LogP) is 1.55. The van der Waals surface area contributed by atoms with Crippen molar-refractivity contribution in [2.45, 2.75) is 6.92 Å². The van der Waals surface area contributed by atoms with E-state index in [0.29, 0.717) is 11.5 Å². The first-order valence-electron chi connectivity index (χ1n) is 4.65. The first-order valence-corrected chi connectivity index (χ1v) is 4.65. The summed E-state index contributed by atoms with van der Waals surface area (Å²) in [4.78, 5) is 22.8. The Kier molecular flexibility index (Phi) is 2.59. The van der Waals surface area contributed by atoms with E-state index in [1.807, 2.05) is 6.92 Å². The first kappa shape index (κ1) is 10.2. The van der Waals surface area contributed by atoms with E-state index in [2.05, 4.69) is 15.0 Å². The average molecular weight is 215 g/mol. The minimum absolute atomic E-state index is 0.149. The summed E-state index contributed by atoms with van der Waals surface area (Å²) in [6, 6.07) is 3.07. The second kappa shape index (κ2) is 4.06. The van der Waals surface area contributed by atoms with Gasteiger partial charge >= 0.3 is 5.97 Å². The molecule has 2 aromatic rings. The average Bonchev–Trinajstić information content (AvgIpc) is 2.30. The standard InChI is InChI=1S/C11H9N3O2/c1-7-4-13-10(14-5-7)9-3-2-8(6-12-9)11(15)16/h2-6H,1H3,(H,15,16). The second-order valence-electron chi connectivity index (χ2n) is 3.32. The Hall–Kier alpha value is -2.30. The van der Waals surface area contributed by atoms with Crippen molar-refractivity contribution in [3.8, 4) is 11.5 Å². The minimum atomic E-state index is -0.996. The maximum atomic E-state index is 10.6. The van der Waals surface area contributed by atoms with E-state index in [0.717, 1.165) is 5.56 Å². The molecule has 0 aliphatic carbocycles. The lowest BCUT2D eigenvalue weighted by Crippen LogP contribution is -1.98. The summed E-state index contributed by atoms with van der Waals surface area (Å²) in [6.07, 6.45) is 4.67. The summed E-state index contributed by atoms with van der Waals surface area (Å²) in [6.45, 7) is 1.89. The molecule has 16 heavy (non-hydrogen) atoms. The number of aryl methyl sites for hydroxylation is 1. The van der Waals surface area contributed by atoms with Crippen molar-refractivity contribution in [2.24, 2.45) is 0 Å².